The number of hydrogen-bond donors (Lipinski definition) is 3. The SMILES string of the molecule is CC1NN=C2c3cc(Cl)ccc3N(CCCN)C(=O)C21.CCO. The molecule has 3 rings (SSSR count). The third-order valence-corrected chi connectivity index (χ3v) is 4.06. The van der Waals surface area contributed by atoms with Crippen molar-refractivity contribution < 1.29 is 9.90 Å². The average Bonchev–Trinajstić information content (AvgIpc) is 2.91. The van der Waals surface area contributed by atoms with Gasteiger partial charge in [-0.3, -0.25) is 4.79 Å². The van der Waals surface area contributed by atoms with Gasteiger partial charge in [-0.2, -0.15) is 5.10 Å². The number of hydrazone groups is 1. The van der Waals surface area contributed by atoms with E-state index in [1.807, 2.05) is 24.0 Å². The third kappa shape index (κ3) is 3.49. The van der Waals surface area contributed by atoms with E-state index in [1.165, 1.54) is 0 Å². The normalized spacial score (nSPS) is 21.7. The fraction of sp³-hybridized carbons (Fsp3) is 0.500. The monoisotopic (exact) mass is 338 g/mol. The van der Waals surface area contributed by atoms with E-state index in [0.717, 1.165) is 23.4 Å². The van der Waals surface area contributed by atoms with E-state index in [2.05, 4.69) is 10.5 Å². The Kier molecular flexibility index (Phi) is 5.98. The van der Waals surface area contributed by atoms with Crippen LogP contribution in [0.4, 0.5) is 5.69 Å². The molecule has 126 valence electrons. The van der Waals surface area contributed by atoms with Gasteiger partial charge in [-0.15, -0.1) is 0 Å². The largest absolute Gasteiger partial charge is 0.397 e. The molecule has 1 aromatic rings. The Labute approximate surface area is 141 Å². The van der Waals surface area contributed by atoms with Gasteiger partial charge in [-0.05, 0) is 45.0 Å². The van der Waals surface area contributed by atoms with E-state index in [9.17, 15) is 4.79 Å². The Morgan fingerprint density at radius 2 is 2.17 bits per heavy atom. The minimum absolute atomic E-state index is 0.00464. The molecule has 2 aliphatic rings. The molecule has 0 fully saturated rings. The van der Waals surface area contributed by atoms with Crippen molar-refractivity contribution >= 4 is 28.9 Å². The lowest BCUT2D eigenvalue weighted by atomic mass is 9.86. The lowest BCUT2D eigenvalue weighted by Crippen LogP contribution is -2.48. The van der Waals surface area contributed by atoms with Gasteiger partial charge in [0.2, 0.25) is 5.91 Å². The zero-order chi connectivity index (χ0) is 17.0. The minimum Gasteiger partial charge on any atom is -0.397 e. The molecule has 2 atom stereocenters. The fourth-order valence-corrected chi connectivity index (χ4v) is 3.00. The molecule has 2 unspecified atom stereocenters. The number of halogens is 1. The number of fused-ring (bicyclic) bond motifs is 3. The highest BCUT2D eigenvalue weighted by molar-refractivity contribution is 6.32. The lowest BCUT2D eigenvalue weighted by Gasteiger charge is -2.34. The van der Waals surface area contributed by atoms with Gasteiger partial charge in [0.05, 0.1) is 17.4 Å². The van der Waals surface area contributed by atoms with E-state index in [0.29, 0.717) is 18.1 Å². The Hall–Kier alpha value is -1.63. The van der Waals surface area contributed by atoms with Crippen LogP contribution in [0.15, 0.2) is 23.3 Å². The summed E-state index contributed by atoms with van der Waals surface area (Å²) in [4.78, 5) is 14.5. The topological polar surface area (TPSA) is 91.0 Å². The Morgan fingerprint density at radius 1 is 1.48 bits per heavy atom. The molecule has 1 aromatic carbocycles. The van der Waals surface area contributed by atoms with E-state index < -0.39 is 0 Å². The number of benzene rings is 1. The molecule has 4 N–H and O–H groups in total. The zero-order valence-corrected chi connectivity index (χ0v) is 14.2. The van der Waals surface area contributed by atoms with Gasteiger partial charge in [0.25, 0.3) is 0 Å². The van der Waals surface area contributed by atoms with Crippen molar-refractivity contribution in [1.82, 2.24) is 5.43 Å². The number of carbonyl (C=O) groups excluding carboxylic acids is 1. The minimum atomic E-state index is -0.237. The molecular formula is C16H23ClN4O2. The molecule has 2 heterocycles. The first kappa shape index (κ1) is 17.7. The summed E-state index contributed by atoms with van der Waals surface area (Å²) in [6, 6.07) is 5.57. The van der Waals surface area contributed by atoms with Crippen LogP contribution >= 0.6 is 11.6 Å². The van der Waals surface area contributed by atoms with E-state index in [4.69, 9.17) is 22.4 Å². The van der Waals surface area contributed by atoms with Crippen LogP contribution in [0.3, 0.4) is 0 Å². The predicted molar refractivity (Wildman–Crippen MR) is 92.9 cm³/mol. The van der Waals surface area contributed by atoms with Crippen LogP contribution in [0.2, 0.25) is 5.02 Å². The summed E-state index contributed by atoms with van der Waals surface area (Å²) < 4.78 is 0. The van der Waals surface area contributed by atoms with Crippen LogP contribution in [0.25, 0.3) is 0 Å². The Balaban J connectivity index is 0.000000595. The van der Waals surface area contributed by atoms with Crippen molar-refractivity contribution in [1.29, 1.82) is 0 Å². The highest BCUT2D eigenvalue weighted by atomic mass is 35.5. The number of aliphatic hydroxyl groups is 1. The molecule has 0 saturated heterocycles. The molecule has 0 aromatic heterocycles. The van der Waals surface area contributed by atoms with Crippen LogP contribution in [0.5, 0.6) is 0 Å². The van der Waals surface area contributed by atoms with Crippen LogP contribution in [-0.2, 0) is 4.79 Å². The molecule has 1 amide bonds. The quantitative estimate of drug-likeness (QED) is 0.775. The van der Waals surface area contributed by atoms with Gasteiger partial charge in [-0.1, -0.05) is 11.6 Å². The van der Waals surface area contributed by atoms with Crippen molar-refractivity contribution in [3.8, 4) is 0 Å². The molecule has 0 radical (unpaired) electrons. The molecule has 0 saturated carbocycles. The van der Waals surface area contributed by atoms with E-state index in [-0.39, 0.29) is 24.5 Å². The first-order chi connectivity index (χ1) is 11.0. The second-order valence-electron chi connectivity index (χ2n) is 5.50. The van der Waals surface area contributed by atoms with Gasteiger partial charge in [-0.25, -0.2) is 0 Å². The number of nitrogens with two attached hydrogens (primary N) is 1. The number of anilines is 1. The summed E-state index contributed by atoms with van der Waals surface area (Å²) in [6.07, 6.45) is 0.773. The number of hydrogen-bond acceptors (Lipinski definition) is 5. The fourth-order valence-electron chi connectivity index (χ4n) is 2.83. The predicted octanol–water partition coefficient (Wildman–Crippen LogP) is 1.35. The number of aliphatic hydroxyl groups excluding tert-OH is 1. The molecule has 0 bridgehead atoms. The number of nitrogens with one attached hydrogen (secondary N) is 1. The van der Waals surface area contributed by atoms with E-state index >= 15 is 0 Å². The van der Waals surface area contributed by atoms with Crippen LogP contribution < -0.4 is 16.1 Å². The Bertz CT molecular complexity index is 606. The second-order valence-corrected chi connectivity index (χ2v) is 5.94. The van der Waals surface area contributed by atoms with Crippen molar-refractivity contribution in [2.75, 3.05) is 24.6 Å². The molecule has 0 spiro atoms. The van der Waals surface area contributed by atoms with E-state index in [1.54, 1.807) is 13.0 Å². The number of amides is 1. The number of rotatable bonds is 3. The van der Waals surface area contributed by atoms with Gasteiger partial charge in [0, 0.05) is 23.7 Å². The highest BCUT2D eigenvalue weighted by Gasteiger charge is 2.43. The first-order valence-corrected chi connectivity index (χ1v) is 8.18. The molecule has 7 heteroatoms. The van der Waals surface area contributed by atoms with Crippen LogP contribution in [0.1, 0.15) is 25.8 Å². The molecule has 23 heavy (non-hydrogen) atoms. The Morgan fingerprint density at radius 3 is 2.83 bits per heavy atom. The van der Waals surface area contributed by atoms with Crippen molar-refractivity contribution in [2.45, 2.75) is 26.3 Å². The second kappa shape index (κ2) is 7.77. The number of nitrogens with zero attached hydrogens (tertiary/aromatic N) is 2. The highest BCUT2D eigenvalue weighted by Crippen LogP contribution is 2.36. The van der Waals surface area contributed by atoms with Crippen LogP contribution in [-0.4, -0.2) is 42.5 Å². The maximum Gasteiger partial charge on any atom is 0.238 e. The maximum absolute atomic E-state index is 12.7. The molecular weight excluding hydrogens is 316 g/mol. The molecule has 2 aliphatic heterocycles. The van der Waals surface area contributed by atoms with Crippen molar-refractivity contribution in [3.05, 3.63) is 28.8 Å². The summed E-state index contributed by atoms with van der Waals surface area (Å²) in [5, 5.41) is 12.5. The van der Waals surface area contributed by atoms with Gasteiger partial charge >= 0.3 is 0 Å². The number of carbonyl (C=O) groups is 1. The lowest BCUT2D eigenvalue weighted by molar-refractivity contribution is -0.121. The summed E-state index contributed by atoms with van der Waals surface area (Å²) in [6.45, 7) is 5.09. The van der Waals surface area contributed by atoms with Crippen LogP contribution in [0, 0.1) is 5.92 Å². The molecule has 6 nitrogen and oxygen atoms in total. The van der Waals surface area contributed by atoms with Gasteiger partial charge in [0.15, 0.2) is 0 Å². The zero-order valence-electron chi connectivity index (χ0n) is 13.4. The third-order valence-electron chi connectivity index (χ3n) is 3.83. The smallest absolute Gasteiger partial charge is 0.238 e. The van der Waals surface area contributed by atoms with Crippen molar-refractivity contribution in [2.24, 2.45) is 16.8 Å². The van der Waals surface area contributed by atoms with Gasteiger partial charge in [0.1, 0.15) is 5.92 Å². The van der Waals surface area contributed by atoms with Crippen molar-refractivity contribution in [3.63, 3.8) is 0 Å². The maximum atomic E-state index is 12.7. The summed E-state index contributed by atoms with van der Waals surface area (Å²) in [5.74, 6) is -0.150. The van der Waals surface area contributed by atoms with Gasteiger partial charge < -0.3 is 21.2 Å². The standard InChI is InChI=1S/C14H17ClN4O.C2H6O/c1-8-12-13(18-17-8)10-7-9(15)3-4-11(10)19(14(12)20)6-2-5-16;1-2-3/h3-4,7-8,12,17H,2,5-6,16H2,1H3;3H,2H2,1H3. The molecule has 0 aliphatic carbocycles. The summed E-state index contributed by atoms with van der Waals surface area (Å²) in [7, 11) is 0. The summed E-state index contributed by atoms with van der Waals surface area (Å²) in [5.41, 5.74) is 11.2. The average molecular weight is 339 g/mol. The summed E-state index contributed by atoms with van der Waals surface area (Å²) >= 11 is 6.09. The first-order valence-electron chi connectivity index (χ1n) is 7.80.